The Hall–Kier alpha value is -0.0100. The third-order valence-electron chi connectivity index (χ3n) is 1.75. The first-order valence-corrected chi connectivity index (χ1v) is 5.58. The van der Waals surface area contributed by atoms with Crippen LogP contribution in [0.3, 0.4) is 0 Å². The molecule has 0 aromatic carbocycles. The fourth-order valence-corrected chi connectivity index (χ4v) is 2.16. The molecule has 0 spiro atoms. The molecule has 15 heavy (non-hydrogen) atoms. The van der Waals surface area contributed by atoms with E-state index >= 15 is 0 Å². The smallest absolute Gasteiger partial charge is 0.190 e. The highest BCUT2D eigenvalue weighted by Gasteiger charge is 1.98. The van der Waals surface area contributed by atoms with E-state index in [-0.39, 0.29) is 24.0 Å². The number of nitrogens with zero attached hydrogens (tertiary/aromatic N) is 1. The second-order valence-electron chi connectivity index (χ2n) is 2.70. The number of nitrogens with one attached hydrogen (secondary N) is 2. The number of guanidine groups is 1. The van der Waals surface area contributed by atoms with Crippen LogP contribution in [0.2, 0.25) is 4.34 Å². The maximum absolute atomic E-state index is 5.82. The molecule has 0 atom stereocenters. The van der Waals surface area contributed by atoms with Gasteiger partial charge in [0, 0.05) is 25.5 Å². The van der Waals surface area contributed by atoms with Crippen LogP contribution in [0.5, 0.6) is 0 Å². The molecular formula is C9H15ClIN3S. The first kappa shape index (κ1) is 15.0. The molecule has 0 radical (unpaired) electrons. The molecule has 2 N–H and O–H groups in total. The van der Waals surface area contributed by atoms with Crippen molar-refractivity contribution in [2.24, 2.45) is 4.99 Å². The second-order valence-corrected chi connectivity index (χ2v) is 4.50. The first-order chi connectivity index (χ1) is 6.76. The number of aliphatic imine (C=N–C) groups is 1. The maximum atomic E-state index is 5.82. The van der Waals surface area contributed by atoms with Gasteiger partial charge in [-0.2, -0.15) is 0 Å². The molecule has 6 heteroatoms. The van der Waals surface area contributed by atoms with Gasteiger partial charge in [0.2, 0.25) is 0 Å². The highest BCUT2D eigenvalue weighted by Crippen LogP contribution is 2.21. The molecule has 86 valence electrons. The number of rotatable bonds is 3. The van der Waals surface area contributed by atoms with E-state index in [9.17, 15) is 0 Å². The van der Waals surface area contributed by atoms with E-state index in [0.717, 1.165) is 23.3 Å². The summed E-state index contributed by atoms with van der Waals surface area (Å²) in [6.45, 7) is 0.865. The van der Waals surface area contributed by atoms with Crippen molar-refractivity contribution in [3.63, 3.8) is 0 Å². The van der Waals surface area contributed by atoms with Gasteiger partial charge in [-0.1, -0.05) is 11.6 Å². The molecule has 0 aliphatic carbocycles. The Morgan fingerprint density at radius 2 is 2.27 bits per heavy atom. The monoisotopic (exact) mass is 359 g/mol. The summed E-state index contributed by atoms with van der Waals surface area (Å²) < 4.78 is 0.845. The molecule has 0 aliphatic rings. The van der Waals surface area contributed by atoms with Crippen molar-refractivity contribution in [2.75, 3.05) is 20.6 Å². The molecule has 0 aliphatic heterocycles. The van der Waals surface area contributed by atoms with Gasteiger partial charge in [-0.25, -0.2) is 0 Å². The van der Waals surface area contributed by atoms with Crippen LogP contribution in [0.25, 0.3) is 0 Å². The van der Waals surface area contributed by atoms with Crippen molar-refractivity contribution in [3.8, 4) is 0 Å². The largest absolute Gasteiger partial charge is 0.359 e. The number of thiophene rings is 1. The number of halogens is 2. The average molecular weight is 360 g/mol. The fraction of sp³-hybridized carbons (Fsp3) is 0.444. The molecule has 3 nitrogen and oxygen atoms in total. The van der Waals surface area contributed by atoms with E-state index < -0.39 is 0 Å². The van der Waals surface area contributed by atoms with E-state index in [0.29, 0.717) is 0 Å². The summed E-state index contributed by atoms with van der Waals surface area (Å²) in [5.41, 5.74) is 0. The fourth-order valence-electron chi connectivity index (χ4n) is 1.07. The van der Waals surface area contributed by atoms with E-state index in [1.54, 1.807) is 18.4 Å². The van der Waals surface area contributed by atoms with Crippen molar-refractivity contribution in [2.45, 2.75) is 6.42 Å². The summed E-state index contributed by atoms with van der Waals surface area (Å²) in [4.78, 5) is 5.30. The molecular weight excluding hydrogens is 345 g/mol. The molecule has 0 bridgehead atoms. The zero-order chi connectivity index (χ0) is 10.4. The summed E-state index contributed by atoms with van der Waals surface area (Å²) in [7, 11) is 3.60. The Bertz CT molecular complexity index is 314. The van der Waals surface area contributed by atoms with Gasteiger partial charge in [0.05, 0.1) is 4.34 Å². The molecule has 0 saturated heterocycles. The Balaban J connectivity index is 0.00000196. The quantitative estimate of drug-likeness (QED) is 0.494. The Kier molecular flexibility index (Phi) is 8.17. The SMILES string of the molecule is CN=C(NC)NCCc1ccc(Cl)s1.I. The lowest BCUT2D eigenvalue weighted by molar-refractivity contribution is 0.842. The molecule has 0 unspecified atom stereocenters. The van der Waals surface area contributed by atoms with Gasteiger partial charge in [-0.05, 0) is 18.6 Å². The van der Waals surface area contributed by atoms with E-state index in [1.807, 2.05) is 13.1 Å². The van der Waals surface area contributed by atoms with Crippen LogP contribution in [0.4, 0.5) is 0 Å². The van der Waals surface area contributed by atoms with Gasteiger partial charge in [0.25, 0.3) is 0 Å². The average Bonchev–Trinajstić information content (AvgIpc) is 2.59. The van der Waals surface area contributed by atoms with Gasteiger partial charge in [0.15, 0.2) is 5.96 Å². The van der Waals surface area contributed by atoms with Crippen molar-refractivity contribution >= 4 is 52.9 Å². The third-order valence-corrected chi connectivity index (χ3v) is 3.04. The van der Waals surface area contributed by atoms with Crippen LogP contribution >= 0.6 is 46.9 Å². The van der Waals surface area contributed by atoms with Crippen LogP contribution in [-0.4, -0.2) is 26.6 Å². The van der Waals surface area contributed by atoms with Gasteiger partial charge in [0.1, 0.15) is 0 Å². The first-order valence-electron chi connectivity index (χ1n) is 4.39. The van der Waals surface area contributed by atoms with Crippen LogP contribution in [0.1, 0.15) is 4.88 Å². The summed E-state index contributed by atoms with van der Waals surface area (Å²) in [6.07, 6.45) is 0.970. The Morgan fingerprint density at radius 1 is 1.53 bits per heavy atom. The molecule has 0 amide bonds. The predicted octanol–water partition coefficient (Wildman–Crippen LogP) is 2.36. The molecule has 1 heterocycles. The van der Waals surface area contributed by atoms with E-state index in [4.69, 9.17) is 11.6 Å². The molecule has 1 aromatic rings. The highest BCUT2D eigenvalue weighted by molar-refractivity contribution is 14.0. The summed E-state index contributed by atoms with van der Waals surface area (Å²) in [6, 6.07) is 3.98. The lowest BCUT2D eigenvalue weighted by Crippen LogP contribution is -2.35. The van der Waals surface area contributed by atoms with Crippen LogP contribution in [-0.2, 0) is 6.42 Å². The predicted molar refractivity (Wildman–Crippen MR) is 78.9 cm³/mol. The van der Waals surface area contributed by atoms with Crippen molar-refractivity contribution in [1.82, 2.24) is 10.6 Å². The lowest BCUT2D eigenvalue weighted by atomic mass is 10.3. The van der Waals surface area contributed by atoms with Crippen molar-refractivity contribution in [3.05, 3.63) is 21.3 Å². The van der Waals surface area contributed by atoms with E-state index in [1.165, 1.54) is 4.88 Å². The summed E-state index contributed by atoms with van der Waals surface area (Å²) in [5, 5.41) is 6.14. The van der Waals surface area contributed by atoms with Gasteiger partial charge in [-0.3, -0.25) is 4.99 Å². The van der Waals surface area contributed by atoms with Crippen molar-refractivity contribution < 1.29 is 0 Å². The highest BCUT2D eigenvalue weighted by atomic mass is 127. The maximum Gasteiger partial charge on any atom is 0.190 e. The Morgan fingerprint density at radius 3 is 2.73 bits per heavy atom. The van der Waals surface area contributed by atoms with Crippen molar-refractivity contribution in [1.29, 1.82) is 0 Å². The van der Waals surface area contributed by atoms with E-state index in [2.05, 4.69) is 21.7 Å². The normalized spacial score (nSPS) is 10.7. The zero-order valence-electron chi connectivity index (χ0n) is 8.71. The minimum atomic E-state index is 0. The number of hydrogen-bond acceptors (Lipinski definition) is 2. The van der Waals surface area contributed by atoms with Gasteiger partial charge < -0.3 is 10.6 Å². The van der Waals surface area contributed by atoms with Crippen LogP contribution in [0, 0.1) is 0 Å². The second kappa shape index (κ2) is 8.18. The summed E-state index contributed by atoms with van der Waals surface area (Å²) in [5.74, 6) is 0.813. The Labute approximate surface area is 116 Å². The minimum Gasteiger partial charge on any atom is -0.359 e. The lowest BCUT2D eigenvalue weighted by Gasteiger charge is -2.06. The minimum absolute atomic E-state index is 0. The van der Waals surface area contributed by atoms with Gasteiger partial charge >= 0.3 is 0 Å². The standard InChI is InChI=1S/C9H14ClN3S.HI/c1-11-9(12-2)13-6-5-7-3-4-8(10)14-7;/h3-4H,5-6H2,1-2H3,(H2,11,12,13);1H. The summed E-state index contributed by atoms with van der Waals surface area (Å²) >= 11 is 7.44. The van der Waals surface area contributed by atoms with Gasteiger partial charge in [-0.15, -0.1) is 35.3 Å². The van der Waals surface area contributed by atoms with Crippen LogP contribution in [0.15, 0.2) is 17.1 Å². The third kappa shape index (κ3) is 5.58. The molecule has 0 fully saturated rings. The number of hydrogen-bond donors (Lipinski definition) is 2. The topological polar surface area (TPSA) is 36.4 Å². The molecule has 0 saturated carbocycles. The zero-order valence-corrected chi connectivity index (χ0v) is 12.6. The molecule has 1 rings (SSSR count). The molecule has 1 aromatic heterocycles. The van der Waals surface area contributed by atoms with Crippen LogP contribution < -0.4 is 10.6 Å².